The van der Waals surface area contributed by atoms with Gasteiger partial charge in [0.05, 0.1) is 6.61 Å². The highest BCUT2D eigenvalue weighted by molar-refractivity contribution is 4.97. The van der Waals surface area contributed by atoms with Gasteiger partial charge in [0.1, 0.15) is 5.82 Å². The molecule has 92 valence electrons. The van der Waals surface area contributed by atoms with Crippen molar-refractivity contribution in [1.29, 1.82) is 0 Å². The summed E-state index contributed by atoms with van der Waals surface area (Å²) < 4.78 is 12.6. The van der Waals surface area contributed by atoms with Crippen LogP contribution in [0.1, 0.15) is 32.0 Å². The Morgan fingerprint density at radius 1 is 1.31 bits per heavy atom. The summed E-state index contributed by atoms with van der Waals surface area (Å²) in [5.74, 6) is 1.59. The Morgan fingerprint density at radius 3 is 2.81 bits per heavy atom. The normalized spacial score (nSPS) is 11.2. The zero-order valence-corrected chi connectivity index (χ0v) is 10.5. The van der Waals surface area contributed by atoms with Crippen LogP contribution in [0.2, 0.25) is 0 Å². The van der Waals surface area contributed by atoms with Crippen LogP contribution in [0.15, 0.2) is 12.4 Å². The molecular weight excluding hydrogens is 204 g/mol. The van der Waals surface area contributed by atoms with Crippen LogP contribution in [0.4, 0.5) is 0 Å². The molecule has 4 nitrogen and oxygen atoms in total. The maximum absolute atomic E-state index is 5.52. The third kappa shape index (κ3) is 4.33. The minimum absolute atomic E-state index is 0.462. The van der Waals surface area contributed by atoms with Gasteiger partial charge in [-0.15, -0.1) is 0 Å². The molecule has 0 amide bonds. The summed E-state index contributed by atoms with van der Waals surface area (Å²) in [6, 6.07) is 0. The number of aromatic nitrogens is 2. The van der Waals surface area contributed by atoms with E-state index in [2.05, 4.69) is 23.4 Å². The second kappa shape index (κ2) is 7.41. The first-order valence-corrected chi connectivity index (χ1v) is 5.83. The SMILES string of the molecule is COCCCOCCn1ccnc1C(C)C. The van der Waals surface area contributed by atoms with E-state index in [1.54, 1.807) is 7.11 Å². The molecule has 1 heterocycles. The zero-order valence-electron chi connectivity index (χ0n) is 10.5. The lowest BCUT2D eigenvalue weighted by atomic mass is 10.2. The van der Waals surface area contributed by atoms with Crippen LogP contribution in [0.5, 0.6) is 0 Å². The molecule has 0 saturated heterocycles. The number of hydrogen-bond donors (Lipinski definition) is 0. The smallest absolute Gasteiger partial charge is 0.111 e. The van der Waals surface area contributed by atoms with Crippen LogP contribution in [-0.2, 0) is 16.0 Å². The molecule has 0 fully saturated rings. The Morgan fingerprint density at radius 2 is 2.12 bits per heavy atom. The highest BCUT2D eigenvalue weighted by atomic mass is 16.5. The molecule has 1 aromatic rings. The number of hydrogen-bond acceptors (Lipinski definition) is 3. The van der Waals surface area contributed by atoms with E-state index in [1.807, 2.05) is 12.4 Å². The van der Waals surface area contributed by atoms with Crippen molar-refractivity contribution in [3.8, 4) is 0 Å². The number of rotatable bonds is 8. The van der Waals surface area contributed by atoms with Crippen LogP contribution < -0.4 is 0 Å². The Hall–Kier alpha value is -0.870. The Kier molecular flexibility index (Phi) is 6.11. The Balaban J connectivity index is 2.19. The number of ether oxygens (including phenoxy) is 2. The van der Waals surface area contributed by atoms with Crippen molar-refractivity contribution < 1.29 is 9.47 Å². The van der Waals surface area contributed by atoms with E-state index >= 15 is 0 Å². The quantitative estimate of drug-likeness (QED) is 0.637. The summed E-state index contributed by atoms with van der Waals surface area (Å²) in [5, 5.41) is 0. The van der Waals surface area contributed by atoms with Gasteiger partial charge >= 0.3 is 0 Å². The lowest BCUT2D eigenvalue weighted by Crippen LogP contribution is -2.10. The lowest BCUT2D eigenvalue weighted by Gasteiger charge is -2.10. The molecule has 0 aliphatic rings. The standard InChI is InChI=1S/C12H22N2O2/c1-11(2)12-13-5-6-14(12)7-10-16-9-4-8-15-3/h5-6,11H,4,7-10H2,1-3H3. The molecule has 0 N–H and O–H groups in total. The molecule has 0 bridgehead atoms. The fourth-order valence-corrected chi connectivity index (χ4v) is 1.58. The van der Waals surface area contributed by atoms with Gasteiger partial charge in [0.15, 0.2) is 0 Å². The molecule has 0 radical (unpaired) electrons. The second-order valence-corrected chi connectivity index (χ2v) is 4.09. The van der Waals surface area contributed by atoms with Gasteiger partial charge in [-0.1, -0.05) is 13.8 Å². The lowest BCUT2D eigenvalue weighted by molar-refractivity contribution is 0.0972. The van der Waals surface area contributed by atoms with Gasteiger partial charge in [-0.2, -0.15) is 0 Å². The van der Waals surface area contributed by atoms with Gasteiger partial charge in [-0.05, 0) is 6.42 Å². The van der Waals surface area contributed by atoms with E-state index in [-0.39, 0.29) is 0 Å². The molecule has 16 heavy (non-hydrogen) atoms. The maximum Gasteiger partial charge on any atom is 0.111 e. The summed E-state index contributed by atoms with van der Waals surface area (Å²) in [4.78, 5) is 4.33. The topological polar surface area (TPSA) is 36.3 Å². The van der Waals surface area contributed by atoms with Gasteiger partial charge in [-0.25, -0.2) is 4.98 Å². The first kappa shape index (κ1) is 13.2. The van der Waals surface area contributed by atoms with Crippen molar-refractivity contribution >= 4 is 0 Å². The summed E-state index contributed by atoms with van der Waals surface area (Å²) in [6.45, 7) is 7.44. The molecule has 0 atom stereocenters. The van der Waals surface area contributed by atoms with E-state index in [9.17, 15) is 0 Å². The average molecular weight is 226 g/mol. The number of methoxy groups -OCH3 is 1. The van der Waals surface area contributed by atoms with Gasteiger partial charge in [0, 0.05) is 45.2 Å². The average Bonchev–Trinajstić information content (AvgIpc) is 2.71. The number of imidazole rings is 1. The van der Waals surface area contributed by atoms with Crippen molar-refractivity contribution in [3.63, 3.8) is 0 Å². The fraction of sp³-hybridized carbons (Fsp3) is 0.750. The molecule has 0 aliphatic carbocycles. The molecule has 1 rings (SSSR count). The van der Waals surface area contributed by atoms with E-state index in [0.717, 1.165) is 38.6 Å². The first-order chi connectivity index (χ1) is 7.75. The molecule has 4 heteroatoms. The van der Waals surface area contributed by atoms with Gasteiger partial charge in [-0.3, -0.25) is 0 Å². The highest BCUT2D eigenvalue weighted by Crippen LogP contribution is 2.11. The summed E-state index contributed by atoms with van der Waals surface area (Å²) in [6.07, 6.45) is 4.81. The van der Waals surface area contributed by atoms with Crippen LogP contribution in [0.25, 0.3) is 0 Å². The van der Waals surface area contributed by atoms with Crippen LogP contribution >= 0.6 is 0 Å². The van der Waals surface area contributed by atoms with E-state index in [0.29, 0.717) is 5.92 Å². The van der Waals surface area contributed by atoms with Crippen LogP contribution in [0.3, 0.4) is 0 Å². The zero-order chi connectivity index (χ0) is 11.8. The first-order valence-electron chi connectivity index (χ1n) is 5.83. The molecule has 0 aromatic carbocycles. The summed E-state index contributed by atoms with van der Waals surface area (Å²) in [5.41, 5.74) is 0. The van der Waals surface area contributed by atoms with Crippen molar-refractivity contribution in [2.75, 3.05) is 26.9 Å². The monoisotopic (exact) mass is 226 g/mol. The largest absolute Gasteiger partial charge is 0.385 e. The highest BCUT2D eigenvalue weighted by Gasteiger charge is 2.06. The van der Waals surface area contributed by atoms with Gasteiger partial charge in [0.25, 0.3) is 0 Å². The van der Waals surface area contributed by atoms with E-state index in [1.165, 1.54) is 0 Å². The van der Waals surface area contributed by atoms with Crippen molar-refractivity contribution in [2.24, 2.45) is 0 Å². The molecule has 1 aromatic heterocycles. The van der Waals surface area contributed by atoms with Crippen molar-refractivity contribution in [1.82, 2.24) is 9.55 Å². The fourth-order valence-electron chi connectivity index (χ4n) is 1.58. The molecule has 0 saturated carbocycles. The van der Waals surface area contributed by atoms with Crippen LogP contribution in [-0.4, -0.2) is 36.5 Å². The predicted molar refractivity (Wildman–Crippen MR) is 63.6 cm³/mol. The third-order valence-electron chi connectivity index (χ3n) is 2.38. The maximum atomic E-state index is 5.52. The second-order valence-electron chi connectivity index (χ2n) is 4.09. The molecule has 0 spiro atoms. The Labute approximate surface area is 97.6 Å². The van der Waals surface area contributed by atoms with Gasteiger partial charge in [0.2, 0.25) is 0 Å². The number of nitrogens with zero attached hydrogens (tertiary/aromatic N) is 2. The van der Waals surface area contributed by atoms with E-state index < -0.39 is 0 Å². The molecular formula is C12H22N2O2. The van der Waals surface area contributed by atoms with Crippen molar-refractivity contribution in [2.45, 2.75) is 32.7 Å². The third-order valence-corrected chi connectivity index (χ3v) is 2.38. The molecule has 0 aliphatic heterocycles. The Bertz CT molecular complexity index is 284. The molecule has 0 unspecified atom stereocenters. The minimum atomic E-state index is 0.462. The van der Waals surface area contributed by atoms with Crippen molar-refractivity contribution in [3.05, 3.63) is 18.2 Å². The summed E-state index contributed by atoms with van der Waals surface area (Å²) >= 11 is 0. The predicted octanol–water partition coefficient (Wildman–Crippen LogP) is 2.06. The van der Waals surface area contributed by atoms with Gasteiger partial charge < -0.3 is 14.0 Å². The van der Waals surface area contributed by atoms with Crippen LogP contribution in [0, 0.1) is 0 Å². The summed E-state index contributed by atoms with van der Waals surface area (Å²) in [7, 11) is 1.71. The minimum Gasteiger partial charge on any atom is -0.385 e. The van der Waals surface area contributed by atoms with E-state index in [4.69, 9.17) is 9.47 Å².